The number of ether oxygens (including phenoxy) is 1. The number of nitrogens with zero attached hydrogens (tertiary/aromatic N) is 3. The maximum atomic E-state index is 12.6. The highest BCUT2D eigenvalue weighted by atomic mass is 16.6. The zero-order chi connectivity index (χ0) is 18.4. The van der Waals surface area contributed by atoms with E-state index in [0.29, 0.717) is 38.5 Å². The van der Waals surface area contributed by atoms with Crippen LogP contribution in [0, 0.1) is 6.92 Å². The number of carbonyl (C=O) groups excluding carboxylic acids is 3. The van der Waals surface area contributed by atoms with Gasteiger partial charge in [0.25, 0.3) is 0 Å². The molecule has 25 heavy (non-hydrogen) atoms. The van der Waals surface area contributed by atoms with Crippen molar-refractivity contribution in [2.45, 2.75) is 20.8 Å². The van der Waals surface area contributed by atoms with Gasteiger partial charge in [0.2, 0.25) is 11.8 Å². The molecule has 0 radical (unpaired) electrons. The number of amides is 3. The highest BCUT2D eigenvalue weighted by Crippen LogP contribution is 2.16. The lowest BCUT2D eigenvalue weighted by Crippen LogP contribution is -2.53. The summed E-state index contributed by atoms with van der Waals surface area (Å²) in [6.07, 6.45) is -0.348. The van der Waals surface area contributed by atoms with E-state index in [1.54, 1.807) is 16.7 Å². The number of hydrogen-bond acceptors (Lipinski definition) is 4. The SMILES string of the molecule is CCOC(=O)N1CCN(C(=O)CN(C(C)=O)c2ccc(C)cc2)CC1. The molecule has 1 aromatic rings. The average molecular weight is 347 g/mol. The molecule has 1 aliphatic heterocycles. The minimum absolute atomic E-state index is 0.00218. The second kappa shape index (κ2) is 8.50. The van der Waals surface area contributed by atoms with Gasteiger partial charge in [0.1, 0.15) is 6.54 Å². The molecule has 0 spiro atoms. The number of rotatable bonds is 4. The van der Waals surface area contributed by atoms with E-state index in [4.69, 9.17) is 4.74 Å². The van der Waals surface area contributed by atoms with Gasteiger partial charge >= 0.3 is 6.09 Å². The number of hydrogen-bond donors (Lipinski definition) is 0. The standard InChI is InChI=1S/C18H25N3O4/c1-4-25-18(24)20-11-9-19(10-12-20)17(23)13-21(15(3)22)16-7-5-14(2)6-8-16/h5-8H,4,9-13H2,1-3H3. The van der Waals surface area contributed by atoms with Crippen LogP contribution in [0.5, 0.6) is 0 Å². The first-order chi connectivity index (χ1) is 11.9. The van der Waals surface area contributed by atoms with Crippen molar-refractivity contribution in [3.8, 4) is 0 Å². The molecule has 1 aliphatic rings. The van der Waals surface area contributed by atoms with Gasteiger partial charge in [0.15, 0.2) is 0 Å². The molecule has 0 atom stereocenters. The van der Waals surface area contributed by atoms with Gasteiger partial charge in [-0.1, -0.05) is 17.7 Å². The molecule has 0 aromatic heterocycles. The second-order valence-electron chi connectivity index (χ2n) is 6.01. The van der Waals surface area contributed by atoms with E-state index in [0.717, 1.165) is 5.56 Å². The molecule has 3 amide bonds. The fourth-order valence-corrected chi connectivity index (χ4v) is 2.70. The molecular formula is C18H25N3O4. The third kappa shape index (κ3) is 4.95. The summed E-state index contributed by atoms with van der Waals surface area (Å²) in [6.45, 7) is 7.28. The second-order valence-corrected chi connectivity index (χ2v) is 6.01. The number of carbonyl (C=O) groups is 3. The Morgan fingerprint density at radius 2 is 1.60 bits per heavy atom. The van der Waals surface area contributed by atoms with Crippen molar-refractivity contribution >= 4 is 23.6 Å². The van der Waals surface area contributed by atoms with Crippen LogP contribution in [0.15, 0.2) is 24.3 Å². The van der Waals surface area contributed by atoms with Gasteiger partial charge in [0.05, 0.1) is 6.61 Å². The molecular weight excluding hydrogens is 322 g/mol. The first-order valence-electron chi connectivity index (χ1n) is 8.46. The normalized spacial score (nSPS) is 14.2. The van der Waals surface area contributed by atoms with Crippen LogP contribution in [0.2, 0.25) is 0 Å². The molecule has 0 aliphatic carbocycles. The Hall–Kier alpha value is -2.57. The van der Waals surface area contributed by atoms with Crippen molar-refractivity contribution in [1.82, 2.24) is 9.80 Å². The first kappa shape index (κ1) is 18.8. The van der Waals surface area contributed by atoms with Gasteiger partial charge in [0, 0.05) is 38.8 Å². The summed E-state index contributed by atoms with van der Waals surface area (Å²) in [7, 11) is 0. The fourth-order valence-electron chi connectivity index (χ4n) is 2.70. The molecule has 7 nitrogen and oxygen atoms in total. The monoisotopic (exact) mass is 347 g/mol. The van der Waals surface area contributed by atoms with Crippen LogP contribution >= 0.6 is 0 Å². The van der Waals surface area contributed by atoms with Gasteiger partial charge in [-0.3, -0.25) is 9.59 Å². The quantitative estimate of drug-likeness (QED) is 0.830. The molecule has 2 rings (SSSR count). The van der Waals surface area contributed by atoms with E-state index >= 15 is 0 Å². The van der Waals surface area contributed by atoms with E-state index in [1.807, 2.05) is 31.2 Å². The molecule has 0 unspecified atom stereocenters. The van der Waals surface area contributed by atoms with Crippen LogP contribution in [0.3, 0.4) is 0 Å². The van der Waals surface area contributed by atoms with E-state index in [-0.39, 0.29) is 24.5 Å². The first-order valence-corrected chi connectivity index (χ1v) is 8.46. The summed E-state index contributed by atoms with van der Waals surface area (Å²) in [5, 5.41) is 0. The average Bonchev–Trinajstić information content (AvgIpc) is 2.60. The lowest BCUT2D eigenvalue weighted by atomic mass is 10.2. The van der Waals surface area contributed by atoms with Crippen LogP contribution in [0.25, 0.3) is 0 Å². The fraction of sp³-hybridized carbons (Fsp3) is 0.500. The Morgan fingerprint density at radius 1 is 1.04 bits per heavy atom. The summed E-state index contributed by atoms with van der Waals surface area (Å²) in [5.74, 6) is -0.304. The lowest BCUT2D eigenvalue weighted by Gasteiger charge is -2.35. The van der Waals surface area contributed by atoms with Crippen LogP contribution in [0.4, 0.5) is 10.5 Å². The van der Waals surface area contributed by atoms with E-state index in [9.17, 15) is 14.4 Å². The maximum Gasteiger partial charge on any atom is 0.409 e. The molecule has 1 heterocycles. The molecule has 1 aromatic carbocycles. The molecule has 0 bridgehead atoms. The summed E-state index contributed by atoms with van der Waals surface area (Å²) in [6, 6.07) is 7.49. The maximum absolute atomic E-state index is 12.6. The third-order valence-electron chi connectivity index (χ3n) is 4.18. The van der Waals surface area contributed by atoms with Crippen molar-refractivity contribution in [2.24, 2.45) is 0 Å². The van der Waals surface area contributed by atoms with Crippen molar-refractivity contribution in [3.63, 3.8) is 0 Å². The molecule has 0 N–H and O–H groups in total. The summed E-state index contributed by atoms with van der Waals surface area (Å²) in [5.41, 5.74) is 1.80. The minimum atomic E-state index is -0.348. The Morgan fingerprint density at radius 3 is 2.12 bits per heavy atom. The topological polar surface area (TPSA) is 70.2 Å². The molecule has 1 fully saturated rings. The third-order valence-corrected chi connectivity index (χ3v) is 4.18. The molecule has 136 valence electrons. The number of piperazine rings is 1. The van der Waals surface area contributed by atoms with Crippen molar-refractivity contribution in [1.29, 1.82) is 0 Å². The number of anilines is 1. The molecule has 7 heteroatoms. The Kier molecular flexibility index (Phi) is 6.38. The van der Waals surface area contributed by atoms with Crippen molar-refractivity contribution in [2.75, 3.05) is 44.2 Å². The highest BCUT2D eigenvalue weighted by Gasteiger charge is 2.26. The number of benzene rings is 1. The largest absolute Gasteiger partial charge is 0.450 e. The Labute approximate surface area is 148 Å². The van der Waals surface area contributed by atoms with E-state index in [2.05, 4.69) is 0 Å². The minimum Gasteiger partial charge on any atom is -0.450 e. The Bertz CT molecular complexity index is 622. The summed E-state index contributed by atoms with van der Waals surface area (Å²) in [4.78, 5) is 40.9. The van der Waals surface area contributed by atoms with E-state index < -0.39 is 0 Å². The van der Waals surface area contributed by atoms with Crippen LogP contribution in [-0.4, -0.2) is 67.0 Å². The van der Waals surface area contributed by atoms with Crippen LogP contribution < -0.4 is 4.90 Å². The zero-order valence-corrected chi connectivity index (χ0v) is 15.0. The van der Waals surface area contributed by atoms with Gasteiger partial charge in [-0.25, -0.2) is 4.79 Å². The molecule has 1 saturated heterocycles. The summed E-state index contributed by atoms with van der Waals surface area (Å²) >= 11 is 0. The smallest absolute Gasteiger partial charge is 0.409 e. The van der Waals surface area contributed by atoms with Crippen molar-refractivity contribution < 1.29 is 19.1 Å². The summed E-state index contributed by atoms with van der Waals surface area (Å²) < 4.78 is 4.97. The van der Waals surface area contributed by atoms with Gasteiger partial charge in [-0.15, -0.1) is 0 Å². The number of aryl methyl sites for hydroxylation is 1. The van der Waals surface area contributed by atoms with E-state index in [1.165, 1.54) is 11.8 Å². The highest BCUT2D eigenvalue weighted by molar-refractivity contribution is 5.97. The lowest BCUT2D eigenvalue weighted by molar-refractivity contribution is -0.132. The van der Waals surface area contributed by atoms with Crippen molar-refractivity contribution in [3.05, 3.63) is 29.8 Å². The van der Waals surface area contributed by atoms with Gasteiger partial charge in [-0.2, -0.15) is 0 Å². The predicted molar refractivity (Wildman–Crippen MR) is 94.4 cm³/mol. The van der Waals surface area contributed by atoms with Crippen LogP contribution in [0.1, 0.15) is 19.4 Å². The predicted octanol–water partition coefficient (Wildman–Crippen LogP) is 1.65. The molecule has 0 saturated carbocycles. The zero-order valence-electron chi connectivity index (χ0n) is 15.0. The Balaban J connectivity index is 1.95. The van der Waals surface area contributed by atoms with Crippen LogP contribution in [-0.2, 0) is 14.3 Å². The van der Waals surface area contributed by atoms with Gasteiger partial charge in [-0.05, 0) is 26.0 Å². The van der Waals surface area contributed by atoms with Gasteiger partial charge < -0.3 is 19.4 Å².